The van der Waals surface area contributed by atoms with Crippen molar-refractivity contribution in [3.63, 3.8) is 0 Å². The van der Waals surface area contributed by atoms with Crippen LogP contribution in [-0.2, 0) is 9.47 Å². The number of halogens is 2. The first-order valence-electron chi connectivity index (χ1n) is 5.92. The Labute approximate surface area is 129 Å². The van der Waals surface area contributed by atoms with Crippen molar-refractivity contribution < 1.29 is 14.3 Å². The molecule has 6 heteroatoms. The highest BCUT2D eigenvalue weighted by molar-refractivity contribution is 9.11. The first kappa shape index (κ1) is 15.0. The van der Waals surface area contributed by atoms with Gasteiger partial charge in [0, 0.05) is 35.6 Å². The van der Waals surface area contributed by atoms with E-state index < -0.39 is 5.60 Å². The Hall–Kier alpha value is -0.430. The van der Waals surface area contributed by atoms with Gasteiger partial charge in [-0.3, -0.25) is 4.79 Å². The van der Waals surface area contributed by atoms with Crippen LogP contribution >= 0.6 is 31.9 Å². The zero-order valence-electron chi connectivity index (χ0n) is 10.5. The molecular formula is C13H15Br2NO3. The molecule has 0 radical (unpaired) electrons. The van der Waals surface area contributed by atoms with E-state index >= 15 is 0 Å². The number of methoxy groups -OCH3 is 1. The maximum absolute atomic E-state index is 12.2. The van der Waals surface area contributed by atoms with Crippen LogP contribution in [0.5, 0.6) is 0 Å². The van der Waals surface area contributed by atoms with E-state index in [0.29, 0.717) is 25.3 Å². The van der Waals surface area contributed by atoms with E-state index in [9.17, 15) is 4.79 Å². The van der Waals surface area contributed by atoms with Crippen molar-refractivity contribution in [1.29, 1.82) is 0 Å². The molecule has 4 nitrogen and oxygen atoms in total. The molecule has 104 valence electrons. The molecule has 1 saturated heterocycles. The van der Waals surface area contributed by atoms with Crippen LogP contribution in [-0.4, -0.2) is 38.4 Å². The van der Waals surface area contributed by atoms with Crippen LogP contribution in [0.2, 0.25) is 0 Å². The number of nitrogens with one attached hydrogen (secondary N) is 1. The molecule has 1 N–H and O–H groups in total. The molecule has 1 heterocycles. The Kier molecular flexibility index (Phi) is 5.00. The van der Waals surface area contributed by atoms with Crippen LogP contribution in [0.1, 0.15) is 16.8 Å². The van der Waals surface area contributed by atoms with E-state index in [0.717, 1.165) is 15.4 Å². The number of carbonyl (C=O) groups excluding carboxylic acids is 1. The molecule has 1 aromatic carbocycles. The highest BCUT2D eigenvalue weighted by Gasteiger charge is 2.35. The van der Waals surface area contributed by atoms with Crippen molar-refractivity contribution in [3.8, 4) is 0 Å². The Morgan fingerprint density at radius 3 is 2.95 bits per heavy atom. The van der Waals surface area contributed by atoms with E-state index in [-0.39, 0.29) is 5.91 Å². The molecule has 1 aliphatic heterocycles. The Bertz CT molecular complexity index is 473. The van der Waals surface area contributed by atoms with Crippen LogP contribution in [0.3, 0.4) is 0 Å². The molecule has 1 fully saturated rings. The summed E-state index contributed by atoms with van der Waals surface area (Å²) in [6.45, 7) is 1.63. The first-order chi connectivity index (χ1) is 9.06. The van der Waals surface area contributed by atoms with Gasteiger partial charge >= 0.3 is 0 Å². The summed E-state index contributed by atoms with van der Waals surface area (Å²) >= 11 is 6.74. The second-order valence-electron chi connectivity index (χ2n) is 4.50. The summed E-state index contributed by atoms with van der Waals surface area (Å²) in [6.07, 6.45) is 0.795. The van der Waals surface area contributed by atoms with E-state index in [2.05, 4.69) is 37.2 Å². The molecule has 1 unspecified atom stereocenters. The van der Waals surface area contributed by atoms with Gasteiger partial charge in [0.15, 0.2) is 0 Å². The van der Waals surface area contributed by atoms with Gasteiger partial charge in [-0.1, -0.05) is 15.9 Å². The van der Waals surface area contributed by atoms with E-state index in [1.165, 1.54) is 0 Å². The SMILES string of the molecule is COC1(CNC(=O)c2cc(Br)ccc2Br)CCOC1. The molecule has 2 rings (SSSR count). The number of hydrogen-bond donors (Lipinski definition) is 1. The minimum atomic E-state index is -0.395. The lowest BCUT2D eigenvalue weighted by Crippen LogP contribution is -2.45. The summed E-state index contributed by atoms with van der Waals surface area (Å²) in [5.74, 6) is -0.128. The van der Waals surface area contributed by atoms with Gasteiger partial charge in [0.2, 0.25) is 0 Å². The van der Waals surface area contributed by atoms with Crippen LogP contribution < -0.4 is 5.32 Å². The number of ether oxygens (including phenoxy) is 2. The maximum Gasteiger partial charge on any atom is 0.252 e. The average Bonchev–Trinajstić information content (AvgIpc) is 2.88. The third-order valence-electron chi connectivity index (χ3n) is 3.24. The molecule has 0 spiro atoms. The fraction of sp³-hybridized carbons (Fsp3) is 0.462. The van der Waals surface area contributed by atoms with Crippen LogP contribution in [0.4, 0.5) is 0 Å². The quantitative estimate of drug-likeness (QED) is 0.856. The van der Waals surface area contributed by atoms with Crippen molar-refractivity contribution in [2.75, 3.05) is 26.9 Å². The minimum Gasteiger partial charge on any atom is -0.378 e. The Morgan fingerprint density at radius 1 is 1.53 bits per heavy atom. The smallest absolute Gasteiger partial charge is 0.252 e. The number of benzene rings is 1. The lowest BCUT2D eigenvalue weighted by atomic mass is 10.0. The first-order valence-corrected chi connectivity index (χ1v) is 7.51. The van der Waals surface area contributed by atoms with Gasteiger partial charge in [0.05, 0.1) is 12.2 Å². The molecule has 1 atom stereocenters. The number of amides is 1. The molecule has 0 aromatic heterocycles. The van der Waals surface area contributed by atoms with Gasteiger partial charge in [0.1, 0.15) is 5.60 Å². The average molecular weight is 393 g/mol. The Balaban J connectivity index is 2.03. The van der Waals surface area contributed by atoms with Gasteiger partial charge in [-0.2, -0.15) is 0 Å². The lowest BCUT2D eigenvalue weighted by molar-refractivity contribution is -0.0148. The molecule has 19 heavy (non-hydrogen) atoms. The summed E-state index contributed by atoms with van der Waals surface area (Å²) in [5, 5.41) is 2.91. The van der Waals surface area contributed by atoms with Crippen molar-refractivity contribution in [3.05, 3.63) is 32.7 Å². The summed E-state index contributed by atoms with van der Waals surface area (Å²) in [7, 11) is 1.65. The van der Waals surface area contributed by atoms with E-state index in [1.807, 2.05) is 12.1 Å². The fourth-order valence-electron chi connectivity index (χ4n) is 1.97. The van der Waals surface area contributed by atoms with Crippen molar-refractivity contribution >= 4 is 37.8 Å². The molecule has 0 saturated carbocycles. The Morgan fingerprint density at radius 2 is 2.32 bits per heavy atom. The van der Waals surface area contributed by atoms with Gasteiger partial charge in [0.25, 0.3) is 5.91 Å². The van der Waals surface area contributed by atoms with Crippen molar-refractivity contribution in [2.24, 2.45) is 0 Å². The minimum absolute atomic E-state index is 0.128. The highest BCUT2D eigenvalue weighted by Crippen LogP contribution is 2.23. The lowest BCUT2D eigenvalue weighted by Gasteiger charge is -2.26. The molecular weight excluding hydrogens is 378 g/mol. The third kappa shape index (κ3) is 3.56. The van der Waals surface area contributed by atoms with Gasteiger partial charge < -0.3 is 14.8 Å². The van der Waals surface area contributed by atoms with Crippen molar-refractivity contribution in [2.45, 2.75) is 12.0 Å². The molecule has 1 amide bonds. The van der Waals surface area contributed by atoms with Gasteiger partial charge in [-0.15, -0.1) is 0 Å². The van der Waals surface area contributed by atoms with Gasteiger partial charge in [-0.05, 0) is 34.1 Å². The molecule has 0 bridgehead atoms. The van der Waals surface area contributed by atoms with Crippen molar-refractivity contribution in [1.82, 2.24) is 5.32 Å². The number of rotatable bonds is 4. The molecule has 1 aromatic rings. The third-order valence-corrected chi connectivity index (χ3v) is 4.43. The largest absolute Gasteiger partial charge is 0.378 e. The summed E-state index contributed by atoms with van der Waals surface area (Å²) in [5.41, 5.74) is 0.202. The predicted molar refractivity (Wildman–Crippen MR) is 79.4 cm³/mol. The zero-order chi connectivity index (χ0) is 13.9. The monoisotopic (exact) mass is 391 g/mol. The number of hydrogen-bond acceptors (Lipinski definition) is 3. The summed E-state index contributed by atoms with van der Waals surface area (Å²) in [6, 6.07) is 5.50. The normalized spacial score (nSPS) is 22.5. The second kappa shape index (κ2) is 6.35. The molecule has 0 aliphatic carbocycles. The summed E-state index contributed by atoms with van der Waals surface area (Å²) < 4.78 is 12.5. The standard InChI is InChI=1S/C13H15Br2NO3/c1-18-13(4-5-19-8-13)7-16-12(17)10-6-9(14)2-3-11(10)15/h2-3,6H,4-5,7-8H2,1H3,(H,16,17). The topological polar surface area (TPSA) is 47.6 Å². The summed E-state index contributed by atoms with van der Waals surface area (Å²) in [4.78, 5) is 12.2. The molecule has 1 aliphatic rings. The predicted octanol–water partition coefficient (Wildman–Crippen LogP) is 2.75. The van der Waals surface area contributed by atoms with Crippen LogP contribution in [0.25, 0.3) is 0 Å². The van der Waals surface area contributed by atoms with Crippen LogP contribution in [0.15, 0.2) is 27.1 Å². The maximum atomic E-state index is 12.2. The number of carbonyl (C=O) groups is 1. The zero-order valence-corrected chi connectivity index (χ0v) is 13.7. The van der Waals surface area contributed by atoms with E-state index in [1.54, 1.807) is 13.2 Å². The van der Waals surface area contributed by atoms with Gasteiger partial charge in [-0.25, -0.2) is 0 Å². The second-order valence-corrected chi connectivity index (χ2v) is 6.27. The van der Waals surface area contributed by atoms with E-state index in [4.69, 9.17) is 9.47 Å². The fourth-order valence-corrected chi connectivity index (χ4v) is 2.76. The highest BCUT2D eigenvalue weighted by atomic mass is 79.9. The van der Waals surface area contributed by atoms with Crippen LogP contribution in [0, 0.1) is 0 Å².